The molecule has 2 aliphatic heterocycles. The number of esters is 1. The van der Waals surface area contributed by atoms with Gasteiger partial charge in [-0.05, 0) is 42.0 Å². The maximum Gasteiger partial charge on any atom is 0.387 e. The molecule has 2 aromatic carbocycles. The molecular weight excluding hydrogens is 552 g/mol. The highest BCUT2D eigenvalue weighted by Gasteiger charge is 2.28. The van der Waals surface area contributed by atoms with Crippen LogP contribution >= 0.6 is 0 Å². The molecule has 40 heavy (non-hydrogen) atoms. The highest BCUT2D eigenvalue weighted by Crippen LogP contribution is 2.31. The topological polar surface area (TPSA) is 124 Å². The number of nitrogens with one attached hydrogen (secondary N) is 1. The van der Waals surface area contributed by atoms with Crippen LogP contribution in [0.2, 0.25) is 0 Å². The molecule has 2 fully saturated rings. The van der Waals surface area contributed by atoms with Crippen LogP contribution in [0, 0.1) is 0 Å². The lowest BCUT2D eigenvalue weighted by Gasteiger charge is -2.31. The fraction of sp³-hybridized carbons (Fsp3) is 0.385. The van der Waals surface area contributed by atoms with E-state index in [1.165, 1.54) is 46.8 Å². The molecule has 2 saturated heterocycles. The first-order valence-corrected chi connectivity index (χ1v) is 13.9. The lowest BCUT2D eigenvalue weighted by Crippen LogP contribution is -2.40. The Morgan fingerprint density at radius 1 is 0.975 bits per heavy atom. The van der Waals surface area contributed by atoms with Crippen LogP contribution in [0.5, 0.6) is 5.75 Å². The van der Waals surface area contributed by atoms with E-state index in [0.717, 1.165) is 6.08 Å². The van der Waals surface area contributed by atoms with E-state index in [-0.39, 0.29) is 29.4 Å². The van der Waals surface area contributed by atoms with Crippen molar-refractivity contribution in [2.45, 2.75) is 11.5 Å². The first-order chi connectivity index (χ1) is 19.2. The van der Waals surface area contributed by atoms with E-state index in [2.05, 4.69) is 10.1 Å². The molecular formula is C26H29F2N3O8S. The lowest BCUT2D eigenvalue weighted by molar-refractivity contribution is -0.142. The van der Waals surface area contributed by atoms with E-state index in [4.69, 9.17) is 14.2 Å². The molecule has 0 atom stereocenters. The number of benzene rings is 2. The Hall–Kier alpha value is -3.59. The van der Waals surface area contributed by atoms with Crippen molar-refractivity contribution in [2.75, 3.05) is 69.4 Å². The highest BCUT2D eigenvalue weighted by atomic mass is 32.2. The summed E-state index contributed by atoms with van der Waals surface area (Å²) in [5, 5.41) is 2.67. The summed E-state index contributed by atoms with van der Waals surface area (Å²) in [4.78, 5) is 26.8. The van der Waals surface area contributed by atoms with Crippen molar-refractivity contribution >= 4 is 39.4 Å². The smallest absolute Gasteiger partial charge is 0.387 e. The normalized spacial score (nSPS) is 16.7. The van der Waals surface area contributed by atoms with Crippen LogP contribution in [0.4, 0.5) is 20.2 Å². The molecule has 1 N–H and O–H groups in total. The van der Waals surface area contributed by atoms with Gasteiger partial charge in [0.15, 0.2) is 6.61 Å². The highest BCUT2D eigenvalue weighted by molar-refractivity contribution is 7.89. The number of nitrogens with zero attached hydrogens (tertiary/aromatic N) is 2. The number of carbonyl (C=O) groups excluding carboxylic acids is 2. The van der Waals surface area contributed by atoms with Gasteiger partial charge in [0.2, 0.25) is 10.0 Å². The van der Waals surface area contributed by atoms with Gasteiger partial charge in [-0.2, -0.15) is 13.1 Å². The van der Waals surface area contributed by atoms with E-state index >= 15 is 0 Å². The summed E-state index contributed by atoms with van der Waals surface area (Å²) in [6.07, 6.45) is 2.48. The predicted octanol–water partition coefficient (Wildman–Crippen LogP) is 2.34. The van der Waals surface area contributed by atoms with Crippen molar-refractivity contribution in [2.24, 2.45) is 0 Å². The number of ether oxygens (including phenoxy) is 4. The number of halogens is 2. The Morgan fingerprint density at radius 3 is 2.27 bits per heavy atom. The van der Waals surface area contributed by atoms with E-state index < -0.39 is 35.1 Å². The molecule has 0 radical (unpaired) electrons. The summed E-state index contributed by atoms with van der Waals surface area (Å²) < 4.78 is 72.2. The zero-order valence-electron chi connectivity index (χ0n) is 21.5. The minimum Gasteiger partial charge on any atom is -0.452 e. The van der Waals surface area contributed by atoms with Gasteiger partial charge in [-0.25, -0.2) is 13.2 Å². The second-order valence-corrected chi connectivity index (χ2v) is 10.7. The average Bonchev–Trinajstić information content (AvgIpc) is 2.96. The molecule has 0 spiro atoms. The molecule has 14 heteroatoms. The van der Waals surface area contributed by atoms with Crippen LogP contribution in [0.3, 0.4) is 0 Å². The molecule has 0 saturated carbocycles. The Kier molecular flexibility index (Phi) is 10.0. The summed E-state index contributed by atoms with van der Waals surface area (Å²) in [6.45, 7) is -0.448. The minimum atomic E-state index is -3.82. The fourth-order valence-electron chi connectivity index (χ4n) is 4.09. The van der Waals surface area contributed by atoms with Gasteiger partial charge >= 0.3 is 12.6 Å². The molecule has 0 bridgehead atoms. The third kappa shape index (κ3) is 7.97. The molecule has 4 rings (SSSR count). The predicted molar refractivity (Wildman–Crippen MR) is 141 cm³/mol. The van der Waals surface area contributed by atoms with Crippen molar-refractivity contribution in [1.82, 2.24) is 4.31 Å². The van der Waals surface area contributed by atoms with Crippen LogP contribution in [-0.4, -0.2) is 90.4 Å². The van der Waals surface area contributed by atoms with Gasteiger partial charge in [0, 0.05) is 32.3 Å². The van der Waals surface area contributed by atoms with Crippen molar-refractivity contribution in [3.05, 3.63) is 54.1 Å². The van der Waals surface area contributed by atoms with E-state index in [9.17, 15) is 26.8 Å². The number of alkyl halides is 2. The van der Waals surface area contributed by atoms with Gasteiger partial charge in [-0.15, -0.1) is 0 Å². The number of anilines is 2. The van der Waals surface area contributed by atoms with Gasteiger partial charge in [-0.3, -0.25) is 4.79 Å². The van der Waals surface area contributed by atoms with Crippen LogP contribution in [0.1, 0.15) is 5.56 Å². The molecule has 11 nitrogen and oxygen atoms in total. The number of carbonyl (C=O) groups is 2. The van der Waals surface area contributed by atoms with Gasteiger partial charge in [0.1, 0.15) is 5.75 Å². The number of morpholine rings is 2. The zero-order chi connectivity index (χ0) is 28.5. The third-order valence-corrected chi connectivity index (χ3v) is 7.96. The number of rotatable bonds is 10. The maximum absolute atomic E-state index is 13.2. The molecule has 2 aliphatic rings. The molecule has 0 unspecified atom stereocenters. The molecule has 216 valence electrons. The lowest BCUT2D eigenvalue weighted by atomic mass is 10.2. The molecule has 2 heterocycles. The Balaban J connectivity index is 1.41. The number of hydrogen-bond acceptors (Lipinski definition) is 9. The van der Waals surface area contributed by atoms with Crippen LogP contribution in [0.15, 0.2) is 53.4 Å². The zero-order valence-corrected chi connectivity index (χ0v) is 22.3. The Morgan fingerprint density at radius 2 is 1.62 bits per heavy atom. The SMILES string of the molecule is O=C(COC(=O)C=Cc1ccc(OC(F)F)cc1)Nc1cc(S(=O)(=O)N2CCOCC2)ccc1N1CCOCC1. The quantitative estimate of drug-likeness (QED) is 0.333. The van der Waals surface area contributed by atoms with Gasteiger partial charge in [-0.1, -0.05) is 12.1 Å². The van der Waals surface area contributed by atoms with E-state index in [1.54, 1.807) is 6.07 Å². The second-order valence-electron chi connectivity index (χ2n) is 8.73. The summed E-state index contributed by atoms with van der Waals surface area (Å²) in [7, 11) is -3.82. The molecule has 2 aromatic rings. The van der Waals surface area contributed by atoms with Crippen LogP contribution < -0.4 is 15.0 Å². The molecule has 0 aliphatic carbocycles. The number of hydrogen-bond donors (Lipinski definition) is 1. The minimum absolute atomic E-state index is 0.0200. The largest absolute Gasteiger partial charge is 0.452 e. The summed E-state index contributed by atoms with van der Waals surface area (Å²) in [5.74, 6) is -1.49. The van der Waals surface area contributed by atoms with Crippen molar-refractivity contribution in [1.29, 1.82) is 0 Å². The monoisotopic (exact) mass is 581 g/mol. The summed E-state index contributed by atoms with van der Waals surface area (Å²) in [6, 6.07) is 10.1. The van der Waals surface area contributed by atoms with Crippen LogP contribution in [-0.2, 0) is 33.8 Å². The first-order valence-electron chi connectivity index (χ1n) is 12.5. The van der Waals surface area contributed by atoms with Crippen molar-refractivity contribution in [3.8, 4) is 5.75 Å². The van der Waals surface area contributed by atoms with Gasteiger partial charge < -0.3 is 29.2 Å². The molecule has 0 aromatic heterocycles. The first kappa shape index (κ1) is 29.4. The summed E-state index contributed by atoms with van der Waals surface area (Å²) >= 11 is 0. The molecule has 1 amide bonds. The Bertz CT molecular complexity index is 1310. The average molecular weight is 582 g/mol. The Labute approximate surface area is 230 Å². The van der Waals surface area contributed by atoms with Crippen molar-refractivity contribution < 1.29 is 45.7 Å². The fourth-order valence-corrected chi connectivity index (χ4v) is 5.52. The summed E-state index contributed by atoms with van der Waals surface area (Å²) in [5.41, 5.74) is 1.40. The maximum atomic E-state index is 13.2. The van der Waals surface area contributed by atoms with E-state index in [0.29, 0.717) is 50.8 Å². The van der Waals surface area contributed by atoms with E-state index in [1.807, 2.05) is 4.90 Å². The van der Waals surface area contributed by atoms with Crippen LogP contribution in [0.25, 0.3) is 6.08 Å². The van der Waals surface area contributed by atoms with Gasteiger partial charge in [0.25, 0.3) is 5.91 Å². The third-order valence-electron chi connectivity index (χ3n) is 6.06. The van der Waals surface area contributed by atoms with Gasteiger partial charge in [0.05, 0.1) is 42.7 Å². The second kappa shape index (κ2) is 13.7. The van der Waals surface area contributed by atoms with Crippen molar-refractivity contribution in [3.63, 3.8) is 0 Å². The number of amides is 1. The number of sulfonamides is 1. The standard InChI is InChI=1S/C26H29F2N3O8S/c27-26(28)39-20-4-1-19(2-5-20)3-8-25(33)38-18-24(32)29-22-17-21(40(34,35)31-11-15-37-16-12-31)6-7-23(22)30-9-13-36-14-10-30/h1-8,17,26H,9-16,18H2,(H,29,32).